The molecule has 7 heterocycles. The van der Waals surface area contributed by atoms with Crippen molar-refractivity contribution in [3.8, 4) is 0 Å². The van der Waals surface area contributed by atoms with Gasteiger partial charge in [0.1, 0.15) is 49.8 Å². The van der Waals surface area contributed by atoms with Crippen LogP contribution < -0.4 is 5.32 Å². The molecule has 6 saturated heterocycles. The van der Waals surface area contributed by atoms with Crippen LogP contribution in [0.5, 0.6) is 0 Å². The minimum Gasteiger partial charge on any atom is -0.461 e. The van der Waals surface area contributed by atoms with Gasteiger partial charge in [0.2, 0.25) is 11.7 Å². The van der Waals surface area contributed by atoms with Crippen LogP contribution in [-0.2, 0) is 86.2 Å². The Morgan fingerprint density at radius 1 is 0.816 bits per heavy atom. The summed E-state index contributed by atoms with van der Waals surface area (Å²) in [5.74, 6) is -4.85. The first-order valence-electron chi connectivity index (χ1n) is 34.0. The summed E-state index contributed by atoms with van der Waals surface area (Å²) >= 11 is 0. The summed E-state index contributed by atoms with van der Waals surface area (Å²) in [7, 11) is -10.4. The lowest BCUT2D eigenvalue weighted by molar-refractivity contribution is -0.321. The van der Waals surface area contributed by atoms with Gasteiger partial charge in [-0.2, -0.15) is 16.8 Å². The topological polar surface area (TPSA) is 415 Å². The van der Waals surface area contributed by atoms with E-state index in [1.54, 1.807) is 24.3 Å². The van der Waals surface area contributed by atoms with E-state index in [-0.39, 0.29) is 69.4 Å². The van der Waals surface area contributed by atoms with Crippen molar-refractivity contribution in [3.63, 3.8) is 0 Å². The number of esters is 2. The second-order valence-corrected chi connectivity index (χ2v) is 30.1. The summed E-state index contributed by atoms with van der Waals surface area (Å²) in [5, 5.41) is 79.2. The molecule has 556 valence electrons. The molecule has 0 aliphatic carbocycles. The van der Waals surface area contributed by atoms with Crippen LogP contribution in [0.1, 0.15) is 163 Å². The molecule has 0 aromatic rings. The van der Waals surface area contributed by atoms with E-state index >= 15 is 0 Å². The predicted molar refractivity (Wildman–Crippen MR) is 351 cm³/mol. The van der Waals surface area contributed by atoms with Crippen molar-refractivity contribution < 1.29 is 127 Å². The highest BCUT2D eigenvalue weighted by Crippen LogP contribution is 2.48. The van der Waals surface area contributed by atoms with Gasteiger partial charge in [-0.05, 0) is 126 Å². The maximum Gasteiger partial charge on any atom is 0.397 e. The summed E-state index contributed by atoms with van der Waals surface area (Å²) in [6.45, 7) is 20.4. The van der Waals surface area contributed by atoms with Crippen LogP contribution in [-0.4, -0.2) is 221 Å². The second kappa shape index (κ2) is 35.8. The third-order valence-electron chi connectivity index (χ3n) is 19.2. The summed E-state index contributed by atoms with van der Waals surface area (Å²) in [6, 6.07) is 0. The van der Waals surface area contributed by atoms with Crippen molar-refractivity contribution in [2.24, 2.45) is 17.8 Å². The quantitative estimate of drug-likeness (QED) is 0.0230. The van der Waals surface area contributed by atoms with E-state index in [2.05, 4.69) is 47.3 Å². The number of carbonyl (C=O) groups excluding carboxylic acids is 3. The Bertz CT molecular complexity index is 3070. The number of hydrogen-bond acceptors (Lipinski definition) is 25. The van der Waals surface area contributed by atoms with E-state index in [1.807, 2.05) is 26.0 Å². The third kappa shape index (κ3) is 23.9. The number of allylic oxidation sites excluding steroid dienone is 3. The smallest absolute Gasteiger partial charge is 0.397 e. The van der Waals surface area contributed by atoms with Crippen LogP contribution in [0.15, 0.2) is 84.6 Å². The summed E-state index contributed by atoms with van der Waals surface area (Å²) in [6.07, 6.45) is 6.57. The fourth-order valence-corrected chi connectivity index (χ4v) is 14.7. The first kappa shape index (κ1) is 81.1. The fourth-order valence-electron chi connectivity index (χ4n) is 13.8. The van der Waals surface area contributed by atoms with Gasteiger partial charge in [0.25, 0.3) is 0 Å². The number of aliphatic hydroxyl groups excluding tert-OH is 6. The molecule has 7 rings (SSSR count). The van der Waals surface area contributed by atoms with Crippen LogP contribution in [0, 0.1) is 17.8 Å². The lowest BCUT2D eigenvalue weighted by atomic mass is 9.79. The molecule has 28 nitrogen and oxygen atoms in total. The van der Waals surface area contributed by atoms with E-state index in [9.17, 15) is 67.0 Å². The molecule has 0 aromatic carbocycles. The van der Waals surface area contributed by atoms with Crippen LogP contribution in [0.3, 0.4) is 0 Å². The van der Waals surface area contributed by atoms with Crippen molar-refractivity contribution in [2.75, 3.05) is 33.0 Å². The van der Waals surface area contributed by atoms with Gasteiger partial charge in [-0.3, -0.25) is 18.7 Å². The summed E-state index contributed by atoms with van der Waals surface area (Å²) in [5.41, 5.74) is 0.470. The molecule has 21 atom stereocenters. The van der Waals surface area contributed by atoms with E-state index in [0.717, 1.165) is 37.7 Å². The lowest BCUT2D eigenvalue weighted by Gasteiger charge is -2.50. The lowest BCUT2D eigenvalue weighted by Crippen LogP contribution is -2.60. The van der Waals surface area contributed by atoms with Gasteiger partial charge >= 0.3 is 32.7 Å². The molecule has 0 radical (unpaired) electrons. The standard InChI is InChI=1S/C68H105NO27S2/c1-41(38-86-58(76)19-11-9-10-18-57(75)69-37-48(70)34-52(72)62(96-98(83,84)85)53(73)40-89-97(80,81)82)16-12-13-17-42(2)39-87-64(78)65(8,79)36-50-22-23-56(74)68(92-50)35-43(3)32-55(93-68)44(4)20-21-49-25-29-67(91-49)30-26-54-63(95-67)59(77)47(7)61(90-54)51(71)33-46(6)60-45(5)24-28-66(94-60)27-14-15-31-88-66/h9,11-13,20-21,35,44-46,48-56,59-63,70-74,77,79H,1-2,7,10,14-19,22-34,36-40H2,3-6,8H3,(H,69,75)(H,80,81,82)(H,83,84,85). The first-order chi connectivity index (χ1) is 46.0. The number of carbonyl (C=O) groups is 3. The van der Waals surface area contributed by atoms with E-state index < -0.39 is 154 Å². The third-order valence-corrected chi connectivity index (χ3v) is 20.1. The molecule has 6 fully saturated rings. The Morgan fingerprint density at radius 3 is 2.18 bits per heavy atom. The summed E-state index contributed by atoms with van der Waals surface area (Å²) < 4.78 is 126. The molecule has 3 spiro atoms. The zero-order chi connectivity index (χ0) is 72.0. The highest BCUT2D eigenvalue weighted by molar-refractivity contribution is 7.81. The number of amides is 1. The van der Waals surface area contributed by atoms with E-state index in [0.29, 0.717) is 87.0 Å². The Balaban J connectivity index is 0.760. The average Bonchev–Trinajstić information content (AvgIpc) is 1.13. The second-order valence-electron chi connectivity index (χ2n) is 27.9. The van der Waals surface area contributed by atoms with Crippen LogP contribution in [0.25, 0.3) is 0 Å². The number of rotatable bonds is 34. The fraction of sp³-hybridized carbons (Fsp3) is 0.750. The largest absolute Gasteiger partial charge is 0.461 e. The average molecular weight is 1430 g/mol. The molecule has 21 unspecified atom stereocenters. The zero-order valence-electron chi connectivity index (χ0n) is 56.8. The number of aliphatic hydroxyl groups is 7. The Hall–Kier alpha value is -4.23. The predicted octanol–water partition coefficient (Wildman–Crippen LogP) is 4.99. The van der Waals surface area contributed by atoms with Gasteiger partial charge in [-0.15, -0.1) is 0 Å². The molecule has 0 saturated carbocycles. The molecule has 0 bridgehead atoms. The van der Waals surface area contributed by atoms with Crippen molar-refractivity contribution >= 4 is 38.6 Å². The highest BCUT2D eigenvalue weighted by atomic mass is 32.3. The molecule has 7 aliphatic rings. The Kier molecular flexibility index (Phi) is 29.6. The molecular formula is C68H105NO27S2. The number of ether oxygens (including phenoxy) is 9. The van der Waals surface area contributed by atoms with Crippen molar-refractivity contribution in [1.29, 1.82) is 0 Å². The van der Waals surface area contributed by atoms with Gasteiger partial charge in [0.15, 0.2) is 17.2 Å². The van der Waals surface area contributed by atoms with Crippen molar-refractivity contribution in [3.05, 3.63) is 84.6 Å². The van der Waals surface area contributed by atoms with Gasteiger partial charge in [-0.25, -0.2) is 13.2 Å². The molecule has 30 heteroatoms. The number of nitrogens with one attached hydrogen (secondary N) is 1. The van der Waals surface area contributed by atoms with Gasteiger partial charge in [0.05, 0.1) is 68.5 Å². The summed E-state index contributed by atoms with van der Waals surface area (Å²) in [4.78, 5) is 37.9. The van der Waals surface area contributed by atoms with Gasteiger partial charge in [-0.1, -0.05) is 82.5 Å². The molecule has 10 N–H and O–H groups in total. The van der Waals surface area contributed by atoms with Crippen LogP contribution in [0.4, 0.5) is 0 Å². The van der Waals surface area contributed by atoms with Gasteiger partial charge < -0.3 is 83.7 Å². The Labute approximate surface area is 575 Å². The minimum atomic E-state index is -5.31. The van der Waals surface area contributed by atoms with Crippen LogP contribution in [0.2, 0.25) is 0 Å². The number of hydrogen-bond donors (Lipinski definition) is 10. The van der Waals surface area contributed by atoms with Crippen molar-refractivity contribution in [2.45, 2.75) is 271 Å². The van der Waals surface area contributed by atoms with E-state index in [1.165, 1.54) is 13.0 Å². The molecular weight excluding hydrogens is 1330 g/mol. The monoisotopic (exact) mass is 1430 g/mol. The first-order valence-corrected chi connectivity index (χ1v) is 36.8. The van der Waals surface area contributed by atoms with E-state index in [4.69, 9.17) is 51.7 Å². The number of fused-ring (bicyclic) bond motifs is 1. The molecule has 7 aliphatic heterocycles. The normalized spacial score (nSPS) is 33.0. The SMILES string of the molecule is C=C(CC=CCC(=C)COC(=O)C(C)(O)CC1CCC(O)C2(C=C(C)CC(C(C)C=CC3CCC4(CCC5OC(C(O)CC(C)C6OC7(CCCCO7)CCC6C)C(=C)C(O)C5O4)O3)O2)O1)COC(=O)CC=CCCC(=O)NCC(O)CC(O)C(OS(=O)(=O)O)C(O)COS(=O)(=O)O. The highest BCUT2D eigenvalue weighted by Gasteiger charge is 2.55. The van der Waals surface area contributed by atoms with Crippen LogP contribution >= 0.6 is 0 Å². The Morgan fingerprint density at radius 2 is 1.50 bits per heavy atom. The molecule has 0 aromatic heterocycles. The maximum atomic E-state index is 13.3. The zero-order valence-corrected chi connectivity index (χ0v) is 58.5. The van der Waals surface area contributed by atoms with Crippen molar-refractivity contribution in [1.82, 2.24) is 5.32 Å². The molecule has 98 heavy (non-hydrogen) atoms. The maximum absolute atomic E-state index is 13.3. The molecule has 1 amide bonds. The minimum absolute atomic E-state index is 0.0119. The van der Waals surface area contributed by atoms with Gasteiger partial charge in [0, 0.05) is 57.4 Å².